The molecule has 3 nitrogen and oxygen atoms in total. The number of rotatable bonds is 2. The molecule has 0 saturated carbocycles. The molecule has 0 saturated heterocycles. The van der Waals surface area contributed by atoms with Crippen molar-refractivity contribution in [1.29, 1.82) is 0 Å². The number of nitrogens with two attached hydrogens (primary N) is 1. The summed E-state index contributed by atoms with van der Waals surface area (Å²) in [5.74, 6) is -2.71. The summed E-state index contributed by atoms with van der Waals surface area (Å²) in [6, 6.07) is 0.487. The Balaban J connectivity index is 3.15. The third kappa shape index (κ3) is 1.93. The minimum absolute atomic E-state index is 0.0126. The smallest absolute Gasteiger partial charge is 0.162 e. The third-order valence-electron chi connectivity index (χ3n) is 1.67. The van der Waals surface area contributed by atoms with Gasteiger partial charge in [0.2, 0.25) is 0 Å². The first kappa shape index (κ1) is 9.88. The number of aliphatic hydroxyl groups excluding tert-OH is 1. The van der Waals surface area contributed by atoms with E-state index in [2.05, 4.69) is 0 Å². The standard InChI is InChI=1S/C8H9F2NO2/c9-5-1-4(7(11)3-12)8(13)2-6(5)10/h1-2,7,12-13H,3,11H2. The number of aliphatic hydroxyl groups is 1. The summed E-state index contributed by atoms with van der Waals surface area (Å²) < 4.78 is 25.1. The molecule has 1 atom stereocenters. The molecule has 1 aromatic carbocycles. The minimum Gasteiger partial charge on any atom is -0.507 e. The van der Waals surface area contributed by atoms with E-state index in [4.69, 9.17) is 15.9 Å². The predicted octanol–water partition coefficient (Wildman–Crippen LogP) is 0.662. The Bertz CT molecular complexity index is 317. The fourth-order valence-corrected chi connectivity index (χ4v) is 0.947. The van der Waals surface area contributed by atoms with Gasteiger partial charge in [-0.15, -0.1) is 0 Å². The highest BCUT2D eigenvalue weighted by Gasteiger charge is 2.14. The van der Waals surface area contributed by atoms with Crippen molar-refractivity contribution in [3.05, 3.63) is 29.3 Å². The van der Waals surface area contributed by atoms with Crippen molar-refractivity contribution in [2.24, 2.45) is 5.73 Å². The molecule has 72 valence electrons. The number of halogens is 2. The van der Waals surface area contributed by atoms with Gasteiger partial charge < -0.3 is 15.9 Å². The summed E-state index contributed by atoms with van der Waals surface area (Å²) in [5.41, 5.74) is 5.30. The van der Waals surface area contributed by atoms with Gasteiger partial charge in [0.15, 0.2) is 11.6 Å². The van der Waals surface area contributed by atoms with Crippen LogP contribution in [0.25, 0.3) is 0 Å². The number of benzene rings is 1. The van der Waals surface area contributed by atoms with Gasteiger partial charge in [-0.05, 0) is 6.07 Å². The van der Waals surface area contributed by atoms with Crippen LogP contribution in [0, 0.1) is 11.6 Å². The summed E-state index contributed by atoms with van der Waals surface area (Å²) in [7, 11) is 0. The minimum atomic E-state index is -1.15. The second kappa shape index (κ2) is 3.68. The van der Waals surface area contributed by atoms with Crippen LogP contribution < -0.4 is 5.73 Å². The van der Waals surface area contributed by atoms with Crippen molar-refractivity contribution in [2.75, 3.05) is 6.61 Å². The maximum atomic E-state index is 12.6. The summed E-state index contributed by atoms with van der Waals surface area (Å²) in [6.45, 7) is -0.446. The van der Waals surface area contributed by atoms with Crippen LogP contribution in [-0.4, -0.2) is 16.8 Å². The van der Waals surface area contributed by atoms with E-state index in [9.17, 15) is 8.78 Å². The summed E-state index contributed by atoms with van der Waals surface area (Å²) in [4.78, 5) is 0. The summed E-state index contributed by atoms with van der Waals surface area (Å²) >= 11 is 0. The highest BCUT2D eigenvalue weighted by molar-refractivity contribution is 5.35. The van der Waals surface area contributed by atoms with E-state index in [1.54, 1.807) is 0 Å². The number of phenolic OH excluding ortho intramolecular Hbond substituents is 1. The van der Waals surface area contributed by atoms with E-state index in [0.717, 1.165) is 6.07 Å². The van der Waals surface area contributed by atoms with E-state index in [0.29, 0.717) is 6.07 Å². The normalized spacial score (nSPS) is 12.9. The van der Waals surface area contributed by atoms with Crippen LogP contribution in [0.15, 0.2) is 12.1 Å². The molecule has 4 N–H and O–H groups in total. The molecule has 0 aromatic heterocycles. The van der Waals surface area contributed by atoms with Gasteiger partial charge in [-0.3, -0.25) is 0 Å². The Kier molecular flexibility index (Phi) is 2.79. The maximum Gasteiger partial charge on any atom is 0.162 e. The van der Waals surface area contributed by atoms with Crippen LogP contribution in [0.5, 0.6) is 5.75 Å². The van der Waals surface area contributed by atoms with Gasteiger partial charge in [0, 0.05) is 11.6 Å². The molecule has 0 bridgehead atoms. The van der Waals surface area contributed by atoms with Crippen LogP contribution in [0.4, 0.5) is 8.78 Å². The van der Waals surface area contributed by atoms with E-state index in [-0.39, 0.29) is 5.56 Å². The molecule has 0 radical (unpaired) electrons. The lowest BCUT2D eigenvalue weighted by molar-refractivity contribution is 0.264. The Morgan fingerprint density at radius 1 is 1.31 bits per heavy atom. The molecule has 1 unspecified atom stereocenters. The predicted molar refractivity (Wildman–Crippen MR) is 42.0 cm³/mol. The molecule has 13 heavy (non-hydrogen) atoms. The van der Waals surface area contributed by atoms with E-state index in [1.807, 2.05) is 0 Å². The number of phenols is 1. The summed E-state index contributed by atoms with van der Waals surface area (Å²) in [6.07, 6.45) is 0. The Morgan fingerprint density at radius 2 is 1.85 bits per heavy atom. The Hall–Kier alpha value is -1.20. The first-order valence-electron chi connectivity index (χ1n) is 3.60. The number of hydrogen-bond donors (Lipinski definition) is 3. The van der Waals surface area contributed by atoms with Crippen LogP contribution in [-0.2, 0) is 0 Å². The average molecular weight is 189 g/mol. The fourth-order valence-electron chi connectivity index (χ4n) is 0.947. The van der Waals surface area contributed by atoms with Gasteiger partial charge in [0.1, 0.15) is 5.75 Å². The second-order valence-corrected chi connectivity index (χ2v) is 2.61. The topological polar surface area (TPSA) is 66.5 Å². The van der Waals surface area contributed by atoms with Gasteiger partial charge in [-0.2, -0.15) is 0 Å². The van der Waals surface area contributed by atoms with Crippen molar-refractivity contribution >= 4 is 0 Å². The molecule has 0 aliphatic heterocycles. The number of aromatic hydroxyl groups is 1. The van der Waals surface area contributed by atoms with Crippen LogP contribution in [0.2, 0.25) is 0 Å². The van der Waals surface area contributed by atoms with Crippen molar-refractivity contribution in [3.63, 3.8) is 0 Å². The van der Waals surface area contributed by atoms with Crippen molar-refractivity contribution in [3.8, 4) is 5.75 Å². The largest absolute Gasteiger partial charge is 0.507 e. The zero-order valence-electron chi connectivity index (χ0n) is 6.67. The monoisotopic (exact) mass is 189 g/mol. The SMILES string of the molecule is NC(CO)c1cc(F)c(F)cc1O. The molecule has 1 aromatic rings. The zero-order valence-corrected chi connectivity index (χ0v) is 6.67. The molecule has 0 amide bonds. The summed E-state index contributed by atoms with van der Waals surface area (Å²) in [5, 5.41) is 17.7. The highest BCUT2D eigenvalue weighted by atomic mass is 19.2. The molecule has 0 spiro atoms. The van der Waals surface area contributed by atoms with Gasteiger partial charge in [0.25, 0.3) is 0 Å². The fraction of sp³-hybridized carbons (Fsp3) is 0.250. The molecule has 0 aliphatic carbocycles. The second-order valence-electron chi connectivity index (χ2n) is 2.61. The van der Waals surface area contributed by atoms with Gasteiger partial charge in [0.05, 0.1) is 12.6 Å². The van der Waals surface area contributed by atoms with Crippen molar-refractivity contribution in [2.45, 2.75) is 6.04 Å². The van der Waals surface area contributed by atoms with E-state index >= 15 is 0 Å². The molecular formula is C8H9F2NO2. The first-order chi connectivity index (χ1) is 6.06. The molecule has 0 heterocycles. The van der Waals surface area contributed by atoms with Gasteiger partial charge >= 0.3 is 0 Å². The maximum absolute atomic E-state index is 12.6. The molecule has 0 fully saturated rings. The zero-order chi connectivity index (χ0) is 10.0. The van der Waals surface area contributed by atoms with Crippen molar-refractivity contribution in [1.82, 2.24) is 0 Å². The Morgan fingerprint density at radius 3 is 2.38 bits per heavy atom. The average Bonchev–Trinajstić information content (AvgIpc) is 2.10. The van der Waals surface area contributed by atoms with Crippen LogP contribution >= 0.6 is 0 Å². The van der Waals surface area contributed by atoms with E-state index in [1.165, 1.54) is 0 Å². The van der Waals surface area contributed by atoms with E-state index < -0.39 is 30.0 Å². The van der Waals surface area contributed by atoms with Crippen LogP contribution in [0.1, 0.15) is 11.6 Å². The quantitative estimate of drug-likeness (QED) is 0.640. The lowest BCUT2D eigenvalue weighted by Gasteiger charge is -2.10. The van der Waals surface area contributed by atoms with Gasteiger partial charge in [-0.1, -0.05) is 0 Å². The van der Waals surface area contributed by atoms with Crippen LogP contribution in [0.3, 0.4) is 0 Å². The lowest BCUT2D eigenvalue weighted by atomic mass is 10.1. The molecule has 5 heteroatoms. The number of hydrogen-bond acceptors (Lipinski definition) is 3. The Labute approximate surface area is 73.4 Å². The molecule has 0 aliphatic rings. The lowest BCUT2D eigenvalue weighted by Crippen LogP contribution is -2.15. The molecule has 1 rings (SSSR count). The first-order valence-corrected chi connectivity index (χ1v) is 3.60. The molecular weight excluding hydrogens is 180 g/mol. The van der Waals surface area contributed by atoms with Gasteiger partial charge in [-0.25, -0.2) is 8.78 Å². The highest BCUT2D eigenvalue weighted by Crippen LogP contribution is 2.25. The third-order valence-corrected chi connectivity index (χ3v) is 1.67. The van der Waals surface area contributed by atoms with Crippen molar-refractivity contribution < 1.29 is 19.0 Å².